The van der Waals surface area contributed by atoms with E-state index in [0.29, 0.717) is 18.0 Å². The molecule has 1 aliphatic carbocycles. The Morgan fingerprint density at radius 1 is 1.33 bits per heavy atom. The molecule has 0 heterocycles. The smallest absolute Gasteiger partial charge is 0.0406 e. The minimum absolute atomic E-state index is 0.401. The van der Waals surface area contributed by atoms with Crippen molar-refractivity contribution in [3.05, 3.63) is 34.9 Å². The molecule has 1 aromatic rings. The normalized spacial score (nSPS) is 27.1. The summed E-state index contributed by atoms with van der Waals surface area (Å²) in [7, 11) is 2.00. The van der Waals surface area contributed by atoms with Crippen LogP contribution < -0.4 is 11.1 Å². The third-order valence-corrected chi connectivity index (χ3v) is 3.47. The fourth-order valence-electron chi connectivity index (χ4n) is 2.33. The zero-order valence-electron chi connectivity index (χ0n) is 8.91. The van der Waals surface area contributed by atoms with Crippen molar-refractivity contribution in [3.63, 3.8) is 0 Å². The highest BCUT2D eigenvalue weighted by Gasteiger charge is 2.32. The maximum absolute atomic E-state index is 5.87. The second kappa shape index (κ2) is 4.52. The van der Waals surface area contributed by atoms with E-state index in [4.69, 9.17) is 17.3 Å². The molecule has 3 N–H and O–H groups in total. The third-order valence-electron chi connectivity index (χ3n) is 3.22. The summed E-state index contributed by atoms with van der Waals surface area (Å²) >= 11 is 5.87. The Kier molecular flexibility index (Phi) is 3.29. The first-order chi connectivity index (χ1) is 7.20. The highest BCUT2D eigenvalue weighted by atomic mass is 35.5. The van der Waals surface area contributed by atoms with E-state index in [2.05, 4.69) is 17.4 Å². The fraction of sp³-hybridized carbons (Fsp3) is 0.500. The summed E-state index contributed by atoms with van der Waals surface area (Å²) in [6, 6.07) is 8.89. The molecule has 1 aromatic carbocycles. The molecule has 2 nitrogen and oxygen atoms in total. The van der Waals surface area contributed by atoms with Crippen LogP contribution in [0.1, 0.15) is 24.4 Å². The second-order valence-corrected chi connectivity index (χ2v) is 4.75. The van der Waals surface area contributed by atoms with Crippen molar-refractivity contribution in [3.8, 4) is 0 Å². The summed E-state index contributed by atoms with van der Waals surface area (Å²) in [6.07, 6.45) is 2.24. The van der Waals surface area contributed by atoms with Crippen molar-refractivity contribution in [2.24, 2.45) is 11.7 Å². The van der Waals surface area contributed by atoms with Gasteiger partial charge in [-0.3, -0.25) is 0 Å². The minimum Gasteiger partial charge on any atom is -0.328 e. The lowest BCUT2D eigenvalue weighted by atomic mass is 9.74. The van der Waals surface area contributed by atoms with E-state index in [9.17, 15) is 0 Å². The molecular formula is C12H17ClN2. The number of halogens is 1. The van der Waals surface area contributed by atoms with Crippen molar-refractivity contribution in [2.75, 3.05) is 7.05 Å². The topological polar surface area (TPSA) is 38.0 Å². The van der Waals surface area contributed by atoms with Crippen molar-refractivity contribution in [1.82, 2.24) is 5.32 Å². The Morgan fingerprint density at radius 3 is 2.40 bits per heavy atom. The minimum atomic E-state index is 0.401. The molecule has 0 saturated heterocycles. The number of nitrogens with one attached hydrogen (secondary N) is 1. The average Bonchev–Trinajstić information content (AvgIpc) is 2.19. The van der Waals surface area contributed by atoms with Gasteiger partial charge >= 0.3 is 0 Å². The Balaban J connectivity index is 2.09. The van der Waals surface area contributed by atoms with Crippen LogP contribution in [0, 0.1) is 5.92 Å². The zero-order chi connectivity index (χ0) is 10.8. The van der Waals surface area contributed by atoms with E-state index in [1.165, 1.54) is 5.56 Å². The molecule has 1 unspecified atom stereocenters. The Bertz CT molecular complexity index is 317. The first-order valence-electron chi connectivity index (χ1n) is 5.39. The summed E-state index contributed by atoms with van der Waals surface area (Å²) in [4.78, 5) is 0. The van der Waals surface area contributed by atoms with E-state index in [0.717, 1.165) is 17.9 Å². The molecule has 1 atom stereocenters. The fourth-order valence-corrected chi connectivity index (χ4v) is 2.45. The van der Waals surface area contributed by atoms with Gasteiger partial charge in [-0.1, -0.05) is 23.7 Å². The van der Waals surface area contributed by atoms with E-state index in [1.54, 1.807) is 0 Å². The molecule has 0 bridgehead atoms. The molecule has 0 amide bonds. The summed E-state index contributed by atoms with van der Waals surface area (Å²) in [5, 5.41) is 4.15. The predicted molar refractivity (Wildman–Crippen MR) is 64.0 cm³/mol. The summed E-state index contributed by atoms with van der Waals surface area (Å²) in [5.41, 5.74) is 7.12. The lowest BCUT2D eigenvalue weighted by Crippen LogP contribution is -2.42. The number of benzene rings is 1. The molecular weight excluding hydrogens is 208 g/mol. The molecule has 0 aliphatic heterocycles. The van der Waals surface area contributed by atoms with Gasteiger partial charge in [0.25, 0.3) is 0 Å². The largest absolute Gasteiger partial charge is 0.328 e. The van der Waals surface area contributed by atoms with E-state index < -0.39 is 0 Å². The predicted octanol–water partition coefficient (Wildman–Crippen LogP) is 2.34. The molecule has 0 spiro atoms. The highest BCUT2D eigenvalue weighted by Crippen LogP contribution is 2.36. The van der Waals surface area contributed by atoms with Gasteiger partial charge in [-0.25, -0.2) is 0 Å². The Morgan fingerprint density at radius 2 is 1.93 bits per heavy atom. The van der Waals surface area contributed by atoms with E-state index in [-0.39, 0.29) is 0 Å². The van der Waals surface area contributed by atoms with Gasteiger partial charge in [0.1, 0.15) is 0 Å². The number of rotatable bonds is 3. The molecule has 0 aromatic heterocycles. The van der Waals surface area contributed by atoms with Crippen LogP contribution >= 0.6 is 11.6 Å². The molecule has 2 rings (SSSR count). The van der Waals surface area contributed by atoms with Crippen LogP contribution in [0.15, 0.2) is 24.3 Å². The van der Waals surface area contributed by atoms with Gasteiger partial charge in [0.05, 0.1) is 0 Å². The third kappa shape index (κ3) is 2.33. The molecule has 15 heavy (non-hydrogen) atoms. The maximum Gasteiger partial charge on any atom is 0.0406 e. The van der Waals surface area contributed by atoms with Crippen LogP contribution in [0.5, 0.6) is 0 Å². The summed E-state index contributed by atoms with van der Waals surface area (Å²) < 4.78 is 0. The van der Waals surface area contributed by atoms with Crippen molar-refractivity contribution < 1.29 is 0 Å². The second-order valence-electron chi connectivity index (χ2n) is 4.31. The average molecular weight is 225 g/mol. The molecule has 0 radical (unpaired) electrons. The zero-order valence-corrected chi connectivity index (χ0v) is 9.67. The molecule has 82 valence electrons. The number of hydrogen-bond acceptors (Lipinski definition) is 2. The Labute approximate surface area is 95.8 Å². The van der Waals surface area contributed by atoms with Crippen molar-refractivity contribution >= 4 is 11.6 Å². The summed E-state index contributed by atoms with van der Waals surface area (Å²) in [5.74, 6) is 0.672. The van der Waals surface area contributed by atoms with Crippen LogP contribution in [-0.4, -0.2) is 13.1 Å². The molecule has 1 fully saturated rings. The van der Waals surface area contributed by atoms with Crippen LogP contribution in [-0.2, 0) is 0 Å². The Hall–Kier alpha value is -0.570. The van der Waals surface area contributed by atoms with Crippen LogP contribution in [0.3, 0.4) is 0 Å². The maximum atomic E-state index is 5.87. The summed E-state index contributed by atoms with van der Waals surface area (Å²) in [6.45, 7) is 0. The number of hydrogen-bond donors (Lipinski definition) is 2. The highest BCUT2D eigenvalue weighted by molar-refractivity contribution is 6.30. The van der Waals surface area contributed by atoms with Crippen LogP contribution in [0.4, 0.5) is 0 Å². The quantitative estimate of drug-likeness (QED) is 0.827. The van der Waals surface area contributed by atoms with Gasteiger partial charge in [0.15, 0.2) is 0 Å². The first-order valence-corrected chi connectivity index (χ1v) is 5.77. The monoisotopic (exact) mass is 224 g/mol. The van der Waals surface area contributed by atoms with Gasteiger partial charge in [-0.2, -0.15) is 0 Å². The number of nitrogens with two attached hydrogens (primary N) is 1. The van der Waals surface area contributed by atoms with Crippen molar-refractivity contribution in [1.29, 1.82) is 0 Å². The molecule has 1 saturated carbocycles. The molecule has 3 heteroatoms. The SMILES string of the molecule is CNC(c1ccc(Cl)cc1)C1CC(N)C1. The lowest BCUT2D eigenvalue weighted by Gasteiger charge is -2.38. The standard InChI is InChI=1S/C12H17ClN2/c1-15-12(9-6-11(14)7-9)8-2-4-10(13)5-3-8/h2-5,9,11-12,15H,6-7,14H2,1H3. The first kappa shape index (κ1) is 10.9. The van der Waals surface area contributed by atoms with Gasteiger partial charge in [-0.15, -0.1) is 0 Å². The van der Waals surface area contributed by atoms with Crippen LogP contribution in [0.25, 0.3) is 0 Å². The van der Waals surface area contributed by atoms with Gasteiger partial charge < -0.3 is 11.1 Å². The van der Waals surface area contributed by atoms with Gasteiger partial charge in [0.2, 0.25) is 0 Å². The lowest BCUT2D eigenvalue weighted by molar-refractivity contribution is 0.204. The van der Waals surface area contributed by atoms with Gasteiger partial charge in [0, 0.05) is 17.1 Å². The van der Waals surface area contributed by atoms with Crippen molar-refractivity contribution in [2.45, 2.75) is 24.9 Å². The van der Waals surface area contributed by atoms with Gasteiger partial charge in [-0.05, 0) is 43.5 Å². The van der Waals surface area contributed by atoms with E-state index >= 15 is 0 Å². The van der Waals surface area contributed by atoms with E-state index in [1.807, 2.05) is 19.2 Å². The molecule has 1 aliphatic rings. The van der Waals surface area contributed by atoms with Crippen LogP contribution in [0.2, 0.25) is 5.02 Å².